The fourth-order valence-corrected chi connectivity index (χ4v) is 7.22. The van der Waals surface area contributed by atoms with Gasteiger partial charge in [0.2, 0.25) is 5.78 Å². The van der Waals surface area contributed by atoms with Crippen molar-refractivity contribution in [2.45, 2.75) is 57.9 Å². The summed E-state index contributed by atoms with van der Waals surface area (Å²) in [6, 6.07) is 0. The number of aliphatic hydroxyl groups is 2. The number of aliphatic carboxylic acids is 1. The van der Waals surface area contributed by atoms with Crippen LogP contribution < -0.4 is 0 Å². The minimum Gasteiger partial charge on any atom is -0.479 e. The van der Waals surface area contributed by atoms with Gasteiger partial charge in [-0.1, -0.05) is 26.8 Å². The molecule has 0 amide bonds. The van der Waals surface area contributed by atoms with Crippen LogP contribution in [-0.4, -0.2) is 44.9 Å². The van der Waals surface area contributed by atoms with Gasteiger partial charge in [-0.25, -0.2) is 13.6 Å². The first kappa shape index (κ1) is 19.7. The fourth-order valence-electron chi connectivity index (χ4n) is 7.22. The van der Waals surface area contributed by atoms with E-state index in [4.69, 9.17) is 0 Å². The molecule has 0 spiro atoms. The second-order valence-corrected chi connectivity index (χ2v) is 9.60. The zero-order chi connectivity index (χ0) is 20.8. The van der Waals surface area contributed by atoms with Crippen LogP contribution in [0.15, 0.2) is 23.6 Å². The number of hydrogen-bond donors (Lipinski definition) is 3. The lowest BCUT2D eigenvalue weighted by atomic mass is 9.46. The molecular formula is C21H26F2O5. The van der Waals surface area contributed by atoms with Gasteiger partial charge in [0.25, 0.3) is 0 Å². The second-order valence-electron chi connectivity index (χ2n) is 9.60. The van der Waals surface area contributed by atoms with Crippen molar-refractivity contribution in [3.05, 3.63) is 23.6 Å². The monoisotopic (exact) mass is 396 g/mol. The van der Waals surface area contributed by atoms with E-state index in [9.17, 15) is 29.3 Å². The molecule has 0 heterocycles. The van der Waals surface area contributed by atoms with Crippen LogP contribution in [0, 0.1) is 34.5 Å². The Balaban J connectivity index is 1.85. The standard InChI is InChI=1S/C21H26F2O5/c1-9-6-11-10-7-12(22)16-17(23)13(24)4-5-19(16,2)15(10)14(25)8-20(11,3)21(9,28)18(26)27/h4-5,9-12,14-15,25,28H,6-8H2,1-3H3,(H,26,27)/t9-,10-,11-,12-,14-,15+,19+,20-,21-/m0/s1. The topological polar surface area (TPSA) is 94.8 Å². The molecule has 0 aromatic heterocycles. The summed E-state index contributed by atoms with van der Waals surface area (Å²) < 4.78 is 29.7. The Labute approximate surface area is 162 Å². The van der Waals surface area contributed by atoms with Gasteiger partial charge in [-0.2, -0.15) is 0 Å². The highest BCUT2D eigenvalue weighted by Crippen LogP contribution is 2.68. The third kappa shape index (κ3) is 2.07. The third-order valence-corrected chi connectivity index (χ3v) is 8.46. The Morgan fingerprint density at radius 3 is 2.54 bits per heavy atom. The summed E-state index contributed by atoms with van der Waals surface area (Å²) in [5.41, 5.74) is -4.50. The van der Waals surface area contributed by atoms with Crippen LogP contribution in [0.1, 0.15) is 40.0 Å². The van der Waals surface area contributed by atoms with Gasteiger partial charge < -0.3 is 15.3 Å². The van der Waals surface area contributed by atoms with Crippen LogP contribution in [0.5, 0.6) is 0 Å². The first-order chi connectivity index (χ1) is 12.9. The van der Waals surface area contributed by atoms with E-state index in [1.54, 1.807) is 20.8 Å². The Hall–Kier alpha value is -1.60. The number of aliphatic hydroxyl groups excluding tert-OH is 1. The summed E-state index contributed by atoms with van der Waals surface area (Å²) in [4.78, 5) is 23.8. The van der Waals surface area contributed by atoms with Crippen molar-refractivity contribution >= 4 is 11.8 Å². The quantitative estimate of drug-likeness (QED) is 0.633. The minimum absolute atomic E-state index is 0.0230. The molecule has 0 aromatic carbocycles. The molecule has 28 heavy (non-hydrogen) atoms. The lowest BCUT2D eigenvalue weighted by Gasteiger charge is -2.59. The number of alkyl halides is 1. The predicted molar refractivity (Wildman–Crippen MR) is 95.5 cm³/mol. The summed E-state index contributed by atoms with van der Waals surface area (Å²) >= 11 is 0. The van der Waals surface area contributed by atoms with Crippen LogP contribution in [0.25, 0.3) is 0 Å². The van der Waals surface area contributed by atoms with Crippen LogP contribution >= 0.6 is 0 Å². The summed E-state index contributed by atoms with van der Waals surface area (Å²) in [6.07, 6.45) is 0.160. The van der Waals surface area contributed by atoms with Gasteiger partial charge in [-0.3, -0.25) is 4.79 Å². The number of allylic oxidation sites excluding steroid dienone is 4. The molecule has 0 unspecified atom stereocenters. The molecule has 3 N–H and O–H groups in total. The molecule has 0 bridgehead atoms. The summed E-state index contributed by atoms with van der Waals surface area (Å²) in [5, 5.41) is 31.9. The van der Waals surface area contributed by atoms with Crippen LogP contribution in [0.4, 0.5) is 8.78 Å². The smallest absolute Gasteiger partial charge is 0.336 e. The normalized spacial score (nSPS) is 52.9. The van der Waals surface area contributed by atoms with Crippen LogP contribution in [0.3, 0.4) is 0 Å². The zero-order valence-electron chi connectivity index (χ0n) is 16.2. The van der Waals surface area contributed by atoms with Gasteiger partial charge in [0.1, 0.15) is 6.17 Å². The maximum Gasteiger partial charge on any atom is 0.336 e. The number of carboxylic acids is 1. The predicted octanol–water partition coefficient (Wildman–Crippen LogP) is 2.57. The maximum absolute atomic E-state index is 15.2. The molecule has 154 valence electrons. The number of fused-ring (bicyclic) bond motifs is 5. The highest BCUT2D eigenvalue weighted by Gasteiger charge is 2.72. The maximum atomic E-state index is 15.2. The van der Waals surface area contributed by atoms with Crippen molar-refractivity contribution in [2.24, 2.45) is 34.5 Å². The van der Waals surface area contributed by atoms with Crippen molar-refractivity contribution in [3.63, 3.8) is 0 Å². The van der Waals surface area contributed by atoms with Crippen LogP contribution in [0.2, 0.25) is 0 Å². The van der Waals surface area contributed by atoms with Crippen molar-refractivity contribution < 1.29 is 33.7 Å². The molecule has 0 saturated heterocycles. The van der Waals surface area contributed by atoms with Crippen molar-refractivity contribution in [1.29, 1.82) is 0 Å². The van der Waals surface area contributed by atoms with Crippen molar-refractivity contribution in [1.82, 2.24) is 0 Å². The molecule has 0 radical (unpaired) electrons. The number of rotatable bonds is 1. The molecule has 5 nitrogen and oxygen atoms in total. The van der Waals surface area contributed by atoms with Crippen molar-refractivity contribution in [2.75, 3.05) is 0 Å². The summed E-state index contributed by atoms with van der Waals surface area (Å²) in [6.45, 7) is 4.97. The molecule has 0 aliphatic heterocycles. The Bertz CT molecular complexity index is 822. The first-order valence-corrected chi connectivity index (χ1v) is 9.81. The number of carboxylic acid groups (broad SMARTS) is 1. The second kappa shape index (κ2) is 5.72. The molecular weight excluding hydrogens is 370 g/mol. The van der Waals surface area contributed by atoms with Gasteiger partial charge in [0, 0.05) is 22.3 Å². The van der Waals surface area contributed by atoms with E-state index in [2.05, 4.69) is 0 Å². The van der Waals surface area contributed by atoms with Crippen LogP contribution in [-0.2, 0) is 9.59 Å². The summed E-state index contributed by atoms with van der Waals surface area (Å²) in [7, 11) is 0. The molecule has 0 aromatic rings. The number of halogens is 2. The fraction of sp³-hybridized carbons (Fsp3) is 0.714. The van der Waals surface area contributed by atoms with E-state index in [0.29, 0.717) is 6.42 Å². The largest absolute Gasteiger partial charge is 0.479 e. The molecule has 3 saturated carbocycles. The van der Waals surface area contributed by atoms with E-state index < -0.39 is 64.0 Å². The zero-order valence-corrected chi connectivity index (χ0v) is 16.2. The van der Waals surface area contributed by atoms with Gasteiger partial charge in [-0.05, 0) is 43.1 Å². The number of carbonyl (C=O) groups is 2. The van der Waals surface area contributed by atoms with E-state index in [-0.39, 0.29) is 24.3 Å². The molecule has 3 fully saturated rings. The summed E-state index contributed by atoms with van der Waals surface area (Å²) in [5.74, 6) is -5.15. The number of ketones is 1. The third-order valence-electron chi connectivity index (χ3n) is 8.46. The Morgan fingerprint density at radius 1 is 1.29 bits per heavy atom. The average molecular weight is 396 g/mol. The highest BCUT2D eigenvalue weighted by molar-refractivity contribution is 6.04. The van der Waals surface area contributed by atoms with Gasteiger partial charge >= 0.3 is 5.97 Å². The minimum atomic E-state index is -2.02. The highest BCUT2D eigenvalue weighted by atomic mass is 19.1. The first-order valence-electron chi connectivity index (χ1n) is 9.81. The van der Waals surface area contributed by atoms with Gasteiger partial charge in [0.05, 0.1) is 6.10 Å². The molecule has 9 atom stereocenters. The number of hydrogen-bond acceptors (Lipinski definition) is 4. The van der Waals surface area contributed by atoms with E-state index in [1.165, 1.54) is 6.08 Å². The molecule has 4 aliphatic carbocycles. The van der Waals surface area contributed by atoms with Gasteiger partial charge in [-0.15, -0.1) is 0 Å². The average Bonchev–Trinajstić information content (AvgIpc) is 2.79. The van der Waals surface area contributed by atoms with Gasteiger partial charge in [0.15, 0.2) is 11.4 Å². The van der Waals surface area contributed by atoms with E-state index in [1.807, 2.05) is 0 Å². The Kier molecular flexibility index (Phi) is 4.03. The Morgan fingerprint density at radius 2 is 1.93 bits per heavy atom. The molecule has 4 aliphatic rings. The van der Waals surface area contributed by atoms with E-state index in [0.717, 1.165) is 6.08 Å². The lowest BCUT2D eigenvalue weighted by Crippen LogP contribution is -2.63. The van der Waals surface area contributed by atoms with E-state index >= 15 is 4.39 Å². The molecule has 7 heteroatoms. The SMILES string of the molecule is C[C@H]1C[C@H]2[C@@H]3C[C@H](F)C4=C(F)C(=O)C=C[C@]4(C)[C@H]3[C@@H](O)C[C@]2(C)[C@@]1(O)C(=O)O. The van der Waals surface area contributed by atoms with Crippen molar-refractivity contribution in [3.8, 4) is 0 Å². The number of carbonyl (C=O) groups excluding carboxylic acids is 1. The molecule has 4 rings (SSSR count). The lowest BCUT2D eigenvalue weighted by molar-refractivity contribution is -0.198.